The molecule has 7 nitrogen and oxygen atoms in total. The number of hydrogen-bond donors (Lipinski definition) is 2. The Labute approximate surface area is 137 Å². The Bertz CT molecular complexity index is 948. The Morgan fingerprint density at radius 2 is 2.04 bits per heavy atom. The zero-order chi connectivity index (χ0) is 17.1. The van der Waals surface area contributed by atoms with Crippen molar-refractivity contribution < 1.29 is 14.6 Å². The van der Waals surface area contributed by atoms with Gasteiger partial charge >= 0.3 is 0 Å². The van der Waals surface area contributed by atoms with Gasteiger partial charge < -0.3 is 15.2 Å². The highest BCUT2D eigenvalue weighted by molar-refractivity contribution is 5.93. The molecular weight excluding hydrogens is 310 g/mol. The number of rotatable bonds is 4. The second kappa shape index (κ2) is 6.41. The van der Waals surface area contributed by atoms with Crippen molar-refractivity contribution in [3.63, 3.8) is 0 Å². The van der Waals surface area contributed by atoms with Gasteiger partial charge in [0.15, 0.2) is 11.4 Å². The molecule has 3 aromatic rings. The van der Waals surface area contributed by atoms with Crippen LogP contribution in [0.5, 0.6) is 11.5 Å². The van der Waals surface area contributed by atoms with Crippen LogP contribution in [-0.4, -0.2) is 27.5 Å². The quantitative estimate of drug-likeness (QED) is 0.755. The van der Waals surface area contributed by atoms with Crippen molar-refractivity contribution in [3.8, 4) is 11.5 Å². The monoisotopic (exact) mass is 325 g/mol. The zero-order valence-electron chi connectivity index (χ0n) is 12.9. The van der Waals surface area contributed by atoms with Crippen molar-refractivity contribution in [2.75, 3.05) is 7.11 Å². The van der Waals surface area contributed by atoms with Gasteiger partial charge in [-0.2, -0.15) is 0 Å². The van der Waals surface area contributed by atoms with Gasteiger partial charge in [0, 0.05) is 18.9 Å². The van der Waals surface area contributed by atoms with Gasteiger partial charge in [0.1, 0.15) is 11.3 Å². The number of aromatic nitrogens is 2. The molecule has 0 aliphatic carbocycles. The molecule has 3 rings (SSSR count). The second-order valence-corrected chi connectivity index (χ2v) is 5.09. The number of fused-ring (bicyclic) bond motifs is 1. The van der Waals surface area contributed by atoms with Crippen molar-refractivity contribution in [1.82, 2.24) is 14.7 Å². The van der Waals surface area contributed by atoms with E-state index in [0.717, 1.165) is 15.7 Å². The van der Waals surface area contributed by atoms with Gasteiger partial charge in [-0.25, -0.2) is 4.98 Å². The van der Waals surface area contributed by atoms with Crippen LogP contribution in [0, 0.1) is 0 Å². The predicted molar refractivity (Wildman–Crippen MR) is 87.3 cm³/mol. The fourth-order valence-corrected chi connectivity index (χ4v) is 2.27. The number of ether oxygens (including phenoxy) is 1. The number of carbonyl (C=O) groups excluding carboxylic acids is 1. The highest BCUT2D eigenvalue weighted by atomic mass is 16.5. The Hall–Kier alpha value is -3.35. The Morgan fingerprint density at radius 1 is 1.29 bits per heavy atom. The molecule has 2 heterocycles. The first-order valence-corrected chi connectivity index (χ1v) is 7.20. The summed E-state index contributed by atoms with van der Waals surface area (Å²) in [5.41, 5.74) is 0.347. The molecule has 1 aromatic carbocycles. The molecule has 0 unspecified atom stereocenters. The normalized spacial score (nSPS) is 10.5. The molecule has 7 heteroatoms. The summed E-state index contributed by atoms with van der Waals surface area (Å²) >= 11 is 0. The third-order valence-corrected chi connectivity index (χ3v) is 3.57. The number of carbonyl (C=O) groups is 1. The number of hydrogen-bond acceptors (Lipinski definition) is 5. The van der Waals surface area contributed by atoms with E-state index in [0.29, 0.717) is 0 Å². The molecule has 2 N–H and O–H groups in total. The van der Waals surface area contributed by atoms with Crippen molar-refractivity contribution in [2.45, 2.75) is 6.54 Å². The Kier molecular flexibility index (Phi) is 4.15. The van der Waals surface area contributed by atoms with E-state index in [1.54, 1.807) is 19.2 Å². The molecule has 0 spiro atoms. The summed E-state index contributed by atoms with van der Waals surface area (Å²) in [4.78, 5) is 28.6. The van der Waals surface area contributed by atoms with Gasteiger partial charge in [-0.1, -0.05) is 12.1 Å². The lowest BCUT2D eigenvalue weighted by Crippen LogP contribution is -2.31. The lowest BCUT2D eigenvalue weighted by molar-refractivity contribution is 0.0949. The van der Waals surface area contributed by atoms with E-state index in [9.17, 15) is 14.7 Å². The van der Waals surface area contributed by atoms with Gasteiger partial charge in [-0.15, -0.1) is 0 Å². The number of aromatic hydroxyl groups is 1. The number of nitrogens with one attached hydrogen (secondary N) is 1. The molecule has 2 aromatic heterocycles. The second-order valence-electron chi connectivity index (χ2n) is 5.09. The van der Waals surface area contributed by atoms with Crippen molar-refractivity contribution in [1.29, 1.82) is 0 Å². The summed E-state index contributed by atoms with van der Waals surface area (Å²) in [7, 11) is 1.58. The lowest BCUT2D eigenvalue weighted by atomic mass is 10.2. The number of methoxy groups -OCH3 is 1. The van der Waals surface area contributed by atoms with E-state index in [1.807, 2.05) is 12.1 Å². The highest BCUT2D eigenvalue weighted by Crippen LogP contribution is 2.13. The van der Waals surface area contributed by atoms with Crippen LogP contribution in [0.15, 0.2) is 53.6 Å². The van der Waals surface area contributed by atoms with E-state index in [1.165, 1.54) is 24.5 Å². The number of pyridine rings is 1. The molecule has 0 fully saturated rings. The molecule has 0 aliphatic rings. The van der Waals surface area contributed by atoms with Gasteiger partial charge in [0.05, 0.1) is 7.11 Å². The van der Waals surface area contributed by atoms with Crippen LogP contribution >= 0.6 is 0 Å². The summed E-state index contributed by atoms with van der Waals surface area (Å²) in [5, 5.41) is 12.4. The predicted octanol–water partition coefficient (Wildman–Crippen LogP) is 1.34. The molecule has 0 radical (unpaired) electrons. The maximum Gasteiger partial charge on any atom is 0.270 e. The van der Waals surface area contributed by atoms with Crippen molar-refractivity contribution in [3.05, 3.63) is 70.3 Å². The molecule has 0 bridgehead atoms. The minimum atomic E-state index is -0.539. The maximum absolute atomic E-state index is 12.4. The van der Waals surface area contributed by atoms with E-state index < -0.39 is 11.5 Å². The number of nitrogens with zero attached hydrogens (tertiary/aromatic N) is 2. The van der Waals surface area contributed by atoms with Gasteiger partial charge in [0.25, 0.3) is 11.5 Å². The first-order valence-electron chi connectivity index (χ1n) is 7.20. The minimum absolute atomic E-state index is 0.0911. The number of benzene rings is 1. The molecular formula is C17H15N3O4. The van der Waals surface area contributed by atoms with Crippen molar-refractivity contribution in [2.24, 2.45) is 0 Å². The van der Waals surface area contributed by atoms with Gasteiger partial charge in [-0.3, -0.25) is 14.0 Å². The SMILES string of the molecule is COc1ccc(CNC(=O)c2cnc3c(O)cccn3c2=O)cc1. The molecule has 0 saturated heterocycles. The maximum atomic E-state index is 12.4. The van der Waals surface area contributed by atoms with Crippen LogP contribution in [0.25, 0.3) is 5.65 Å². The third kappa shape index (κ3) is 2.91. The summed E-state index contributed by atoms with van der Waals surface area (Å²) in [6.45, 7) is 0.269. The topological polar surface area (TPSA) is 92.9 Å². The van der Waals surface area contributed by atoms with Crippen LogP contribution < -0.4 is 15.6 Å². The van der Waals surface area contributed by atoms with Crippen LogP contribution in [0.3, 0.4) is 0 Å². The highest BCUT2D eigenvalue weighted by Gasteiger charge is 2.14. The smallest absolute Gasteiger partial charge is 0.270 e. The average Bonchev–Trinajstić information content (AvgIpc) is 2.61. The largest absolute Gasteiger partial charge is 0.504 e. The van der Waals surface area contributed by atoms with Crippen LogP contribution in [0.1, 0.15) is 15.9 Å². The Balaban J connectivity index is 1.81. The van der Waals surface area contributed by atoms with E-state index in [2.05, 4.69) is 10.3 Å². The van der Waals surface area contributed by atoms with E-state index >= 15 is 0 Å². The standard InChI is InChI=1S/C17H15N3O4/c1-24-12-6-4-11(5-7-12)9-19-16(22)13-10-18-15-14(21)3-2-8-20(15)17(13)23/h2-8,10,21H,9H2,1H3,(H,19,22). The van der Waals surface area contributed by atoms with Gasteiger partial charge in [0.2, 0.25) is 0 Å². The summed E-state index contributed by atoms with van der Waals surface area (Å²) in [6.07, 6.45) is 2.62. The summed E-state index contributed by atoms with van der Waals surface area (Å²) in [5.74, 6) is 0.0720. The average molecular weight is 325 g/mol. The fraction of sp³-hybridized carbons (Fsp3) is 0.118. The lowest BCUT2D eigenvalue weighted by Gasteiger charge is -2.07. The third-order valence-electron chi connectivity index (χ3n) is 3.57. The van der Waals surface area contributed by atoms with Crippen LogP contribution in [0.4, 0.5) is 0 Å². The summed E-state index contributed by atoms with van der Waals surface area (Å²) < 4.78 is 6.21. The van der Waals surface area contributed by atoms with Gasteiger partial charge in [-0.05, 0) is 29.8 Å². The first kappa shape index (κ1) is 15.5. The molecule has 1 amide bonds. The van der Waals surface area contributed by atoms with Crippen LogP contribution in [-0.2, 0) is 6.54 Å². The van der Waals surface area contributed by atoms with E-state index in [4.69, 9.17) is 4.74 Å². The minimum Gasteiger partial charge on any atom is -0.504 e. The van der Waals surface area contributed by atoms with Crippen molar-refractivity contribution >= 4 is 11.6 Å². The fourth-order valence-electron chi connectivity index (χ4n) is 2.27. The first-order chi connectivity index (χ1) is 11.6. The molecule has 0 aliphatic heterocycles. The zero-order valence-corrected chi connectivity index (χ0v) is 12.9. The molecule has 0 saturated carbocycles. The van der Waals surface area contributed by atoms with Crippen LogP contribution in [0.2, 0.25) is 0 Å². The number of amides is 1. The molecule has 122 valence electrons. The Morgan fingerprint density at radius 3 is 2.75 bits per heavy atom. The molecule has 24 heavy (non-hydrogen) atoms. The van der Waals surface area contributed by atoms with E-state index in [-0.39, 0.29) is 23.5 Å². The summed E-state index contributed by atoms with van der Waals surface area (Å²) in [6, 6.07) is 10.1. The molecule has 0 atom stereocenters.